The van der Waals surface area contributed by atoms with E-state index in [1.807, 2.05) is 0 Å². The second-order valence-corrected chi connectivity index (χ2v) is 6.87. The van der Waals surface area contributed by atoms with Gasteiger partial charge in [0.2, 0.25) is 5.78 Å². The van der Waals surface area contributed by atoms with Crippen LogP contribution >= 0.6 is 0 Å². The molecule has 0 radical (unpaired) electrons. The summed E-state index contributed by atoms with van der Waals surface area (Å²) < 4.78 is 15.4. The summed E-state index contributed by atoms with van der Waals surface area (Å²) in [5.74, 6) is -0.833. The van der Waals surface area contributed by atoms with E-state index in [2.05, 4.69) is 5.32 Å². The summed E-state index contributed by atoms with van der Waals surface area (Å²) in [5.41, 5.74) is -0.769. The minimum atomic E-state index is -0.971. The number of carbonyl (C=O) groups excluding carboxylic acids is 4. The van der Waals surface area contributed by atoms with Crippen LogP contribution in [0.2, 0.25) is 0 Å². The van der Waals surface area contributed by atoms with Gasteiger partial charge in [-0.2, -0.15) is 0 Å². The zero-order chi connectivity index (χ0) is 21.6. The number of para-hydroxylation sites is 2. The van der Waals surface area contributed by atoms with Crippen molar-refractivity contribution in [3.63, 3.8) is 0 Å². The molecule has 0 saturated carbocycles. The van der Waals surface area contributed by atoms with Crippen molar-refractivity contribution >= 4 is 24.3 Å². The molecule has 0 heterocycles. The summed E-state index contributed by atoms with van der Waals surface area (Å²) >= 11 is 0. The predicted molar refractivity (Wildman–Crippen MR) is 104 cm³/mol. The molecule has 0 aromatic heterocycles. The van der Waals surface area contributed by atoms with E-state index in [1.165, 1.54) is 37.4 Å². The zero-order valence-electron chi connectivity index (χ0n) is 16.5. The Kier molecular flexibility index (Phi) is 6.71. The molecular formula is C21H21NO7. The fraction of sp³-hybridized carbons (Fsp3) is 0.238. The van der Waals surface area contributed by atoms with Gasteiger partial charge < -0.3 is 19.5 Å². The van der Waals surface area contributed by atoms with Crippen LogP contribution in [0.25, 0.3) is 0 Å². The fourth-order valence-corrected chi connectivity index (χ4v) is 2.33. The molecule has 1 amide bonds. The van der Waals surface area contributed by atoms with Gasteiger partial charge in [0.05, 0.1) is 16.7 Å². The Bertz CT molecular complexity index is 944. The van der Waals surface area contributed by atoms with Crippen LogP contribution in [-0.4, -0.2) is 37.0 Å². The SMILES string of the molecule is CNC(=O)Oc1c(C=O)cccc1C(=O)c1ccccc1OC(=O)OC(C)(C)C. The van der Waals surface area contributed by atoms with Crippen molar-refractivity contribution in [2.75, 3.05) is 7.05 Å². The Labute approximate surface area is 167 Å². The van der Waals surface area contributed by atoms with Crippen LogP contribution in [0.3, 0.4) is 0 Å². The molecule has 0 fully saturated rings. The molecule has 0 bridgehead atoms. The number of carbonyl (C=O) groups is 4. The smallest absolute Gasteiger partial charge is 0.428 e. The first kappa shape index (κ1) is 21.6. The number of hydrogen-bond acceptors (Lipinski definition) is 7. The molecule has 0 saturated heterocycles. The molecule has 29 heavy (non-hydrogen) atoms. The lowest BCUT2D eigenvalue weighted by Crippen LogP contribution is -2.26. The van der Waals surface area contributed by atoms with Gasteiger partial charge in [-0.3, -0.25) is 9.59 Å². The van der Waals surface area contributed by atoms with E-state index in [9.17, 15) is 19.2 Å². The Balaban J connectivity index is 2.45. The molecule has 0 atom stereocenters. The largest absolute Gasteiger partial charge is 0.514 e. The second-order valence-electron chi connectivity index (χ2n) is 6.87. The maximum Gasteiger partial charge on any atom is 0.514 e. The van der Waals surface area contributed by atoms with Gasteiger partial charge in [0.25, 0.3) is 0 Å². The van der Waals surface area contributed by atoms with Crippen LogP contribution in [0.5, 0.6) is 11.5 Å². The molecule has 0 spiro atoms. The Hall–Kier alpha value is -3.68. The Morgan fingerprint density at radius 2 is 1.59 bits per heavy atom. The lowest BCUT2D eigenvalue weighted by Gasteiger charge is -2.19. The molecule has 2 aromatic carbocycles. The van der Waals surface area contributed by atoms with Crippen molar-refractivity contribution in [3.05, 3.63) is 59.2 Å². The van der Waals surface area contributed by atoms with Gasteiger partial charge >= 0.3 is 12.2 Å². The van der Waals surface area contributed by atoms with Gasteiger partial charge in [0, 0.05) is 7.05 Å². The number of nitrogens with one attached hydrogen (secondary N) is 1. The first-order valence-corrected chi connectivity index (χ1v) is 8.68. The standard InChI is InChI=1S/C21H21NO7/c1-21(2,3)29-20(26)27-16-11-6-5-9-14(16)17(24)15-10-7-8-13(12-23)18(15)28-19(25)22-4/h5-12H,1-4H3,(H,22,25). The highest BCUT2D eigenvalue weighted by atomic mass is 16.7. The van der Waals surface area contributed by atoms with Crippen molar-refractivity contribution in [2.45, 2.75) is 26.4 Å². The van der Waals surface area contributed by atoms with Crippen LogP contribution in [0.4, 0.5) is 9.59 Å². The molecule has 0 unspecified atom stereocenters. The van der Waals surface area contributed by atoms with Crippen LogP contribution in [-0.2, 0) is 4.74 Å². The number of hydrogen-bond donors (Lipinski definition) is 1. The number of rotatable bonds is 5. The lowest BCUT2D eigenvalue weighted by atomic mass is 9.99. The molecule has 2 rings (SSSR count). The highest BCUT2D eigenvalue weighted by Crippen LogP contribution is 2.29. The molecule has 0 aliphatic rings. The quantitative estimate of drug-likeness (QED) is 0.353. The molecule has 152 valence electrons. The van der Waals surface area contributed by atoms with E-state index in [-0.39, 0.29) is 28.2 Å². The van der Waals surface area contributed by atoms with Crippen LogP contribution < -0.4 is 14.8 Å². The summed E-state index contributed by atoms with van der Waals surface area (Å²) in [6.45, 7) is 5.04. The third kappa shape index (κ3) is 5.65. The van der Waals surface area contributed by atoms with Crippen LogP contribution in [0.1, 0.15) is 47.1 Å². The third-order valence-corrected chi connectivity index (χ3v) is 3.53. The van der Waals surface area contributed by atoms with Gasteiger partial charge in [-0.15, -0.1) is 0 Å². The summed E-state index contributed by atoms with van der Waals surface area (Å²) in [6.07, 6.45) is -1.34. The highest BCUT2D eigenvalue weighted by molar-refractivity contribution is 6.13. The van der Waals surface area contributed by atoms with Gasteiger partial charge in [0.15, 0.2) is 12.0 Å². The average Bonchev–Trinajstić information content (AvgIpc) is 2.66. The molecule has 8 heteroatoms. The van der Waals surface area contributed by atoms with Gasteiger partial charge in [-0.05, 0) is 45.0 Å². The molecule has 2 aromatic rings. The number of benzene rings is 2. The first-order valence-electron chi connectivity index (χ1n) is 8.68. The number of ketones is 1. The van der Waals surface area contributed by atoms with Crippen molar-refractivity contribution in [1.29, 1.82) is 0 Å². The van der Waals surface area contributed by atoms with Crippen molar-refractivity contribution in [2.24, 2.45) is 0 Å². The Morgan fingerprint density at radius 1 is 0.931 bits per heavy atom. The molecule has 0 aliphatic carbocycles. The van der Waals surface area contributed by atoms with Crippen molar-refractivity contribution in [1.82, 2.24) is 5.32 Å². The summed E-state index contributed by atoms with van der Waals surface area (Å²) in [4.78, 5) is 48.1. The van der Waals surface area contributed by atoms with E-state index in [1.54, 1.807) is 32.9 Å². The summed E-state index contributed by atoms with van der Waals surface area (Å²) in [7, 11) is 1.34. The van der Waals surface area contributed by atoms with E-state index < -0.39 is 23.6 Å². The third-order valence-electron chi connectivity index (χ3n) is 3.53. The molecular weight excluding hydrogens is 378 g/mol. The van der Waals surface area contributed by atoms with Gasteiger partial charge in [-0.1, -0.05) is 18.2 Å². The van der Waals surface area contributed by atoms with Crippen LogP contribution in [0.15, 0.2) is 42.5 Å². The maximum absolute atomic E-state index is 13.1. The summed E-state index contributed by atoms with van der Waals surface area (Å²) in [5, 5.41) is 2.26. The minimum absolute atomic E-state index is 0.0185. The molecule has 0 aliphatic heterocycles. The van der Waals surface area contributed by atoms with Crippen LogP contribution in [0, 0.1) is 0 Å². The zero-order valence-corrected chi connectivity index (χ0v) is 16.5. The summed E-state index contributed by atoms with van der Waals surface area (Å²) in [6, 6.07) is 10.3. The highest BCUT2D eigenvalue weighted by Gasteiger charge is 2.24. The monoisotopic (exact) mass is 399 g/mol. The normalized spacial score (nSPS) is 10.6. The van der Waals surface area contributed by atoms with E-state index in [0.717, 1.165) is 0 Å². The topological polar surface area (TPSA) is 108 Å². The number of amides is 1. The Morgan fingerprint density at radius 3 is 2.21 bits per heavy atom. The van der Waals surface area contributed by atoms with E-state index in [4.69, 9.17) is 14.2 Å². The van der Waals surface area contributed by atoms with Gasteiger partial charge in [0.1, 0.15) is 11.4 Å². The van der Waals surface area contributed by atoms with E-state index in [0.29, 0.717) is 6.29 Å². The maximum atomic E-state index is 13.1. The van der Waals surface area contributed by atoms with Crippen molar-refractivity contribution in [3.8, 4) is 11.5 Å². The number of aldehydes is 1. The second kappa shape index (κ2) is 9.01. The number of ether oxygens (including phenoxy) is 3. The first-order chi connectivity index (χ1) is 13.7. The van der Waals surface area contributed by atoms with Gasteiger partial charge in [-0.25, -0.2) is 9.59 Å². The molecule has 1 N–H and O–H groups in total. The molecule has 8 nitrogen and oxygen atoms in total. The van der Waals surface area contributed by atoms with E-state index >= 15 is 0 Å². The predicted octanol–water partition coefficient (Wildman–Crippen LogP) is 3.76. The minimum Gasteiger partial charge on any atom is -0.428 e. The lowest BCUT2D eigenvalue weighted by molar-refractivity contribution is 0.0205. The van der Waals surface area contributed by atoms with Crippen molar-refractivity contribution < 1.29 is 33.4 Å². The fourth-order valence-electron chi connectivity index (χ4n) is 2.33. The average molecular weight is 399 g/mol.